The molecule has 0 aliphatic carbocycles. The van der Waals surface area contributed by atoms with Gasteiger partial charge in [0, 0.05) is 6.42 Å². The quantitative estimate of drug-likeness (QED) is 0.433. The van der Waals surface area contributed by atoms with Gasteiger partial charge in [-0.1, -0.05) is 0 Å². The largest absolute Gasteiger partial charge is 0.390 e. The topological polar surface area (TPSA) is 77.8 Å². The lowest BCUT2D eigenvalue weighted by molar-refractivity contribution is -0.126. The van der Waals surface area contributed by atoms with Crippen LogP contribution in [0.1, 0.15) is 7.79 Å². The number of aldehydes is 1. The Morgan fingerprint density at radius 1 is 1.60 bits per heavy atom. The van der Waals surface area contributed by atoms with Crippen molar-refractivity contribution < 1.29 is 25.9 Å². The van der Waals surface area contributed by atoms with Crippen LogP contribution in [0.15, 0.2) is 0 Å². The molecule has 0 saturated carbocycles. The van der Waals surface area contributed by atoms with E-state index in [4.69, 9.17) is 16.7 Å². The van der Waals surface area contributed by atoms with Crippen LogP contribution in [-0.4, -0.2) is 40.1 Å². The van der Waals surface area contributed by atoms with Crippen LogP contribution < -0.4 is 0 Å². The minimum atomic E-state index is -2.59. The molecule has 0 rings (SSSR count). The van der Waals surface area contributed by atoms with Crippen molar-refractivity contribution in [1.82, 2.24) is 0 Å². The Hall–Kier alpha value is -0.520. The van der Waals surface area contributed by atoms with Crippen molar-refractivity contribution in [3.05, 3.63) is 0 Å². The summed E-state index contributed by atoms with van der Waals surface area (Å²) in [5.74, 6) is 0. The van der Waals surface area contributed by atoms with Gasteiger partial charge in [-0.3, -0.25) is 0 Å². The second-order valence-electron chi connectivity index (χ2n) is 1.78. The Labute approximate surface area is 58.3 Å². The molecular formula is C5H9FO4. The van der Waals surface area contributed by atoms with E-state index in [1.54, 1.807) is 0 Å². The number of halogens is 1. The van der Waals surface area contributed by atoms with Crippen LogP contribution in [-0.2, 0) is 4.79 Å². The Balaban J connectivity index is 3.82. The number of carbonyl (C=O) groups is 1. The van der Waals surface area contributed by atoms with Crippen molar-refractivity contribution in [1.29, 1.82) is 0 Å². The van der Waals surface area contributed by atoms with E-state index in [2.05, 4.69) is 0 Å². The second kappa shape index (κ2) is 4.32. The molecule has 60 valence electrons. The highest BCUT2D eigenvalue weighted by atomic mass is 19.1. The highest BCUT2D eigenvalue weighted by molar-refractivity contribution is 5.50. The van der Waals surface area contributed by atoms with Gasteiger partial charge in [0.15, 0.2) is 0 Å². The summed E-state index contributed by atoms with van der Waals surface area (Å²) in [5.41, 5.74) is 0. The van der Waals surface area contributed by atoms with Crippen molar-refractivity contribution in [2.75, 3.05) is 0 Å². The average molecular weight is 153 g/mol. The molecule has 0 heterocycles. The van der Waals surface area contributed by atoms with Gasteiger partial charge in [0.05, 0.1) is 6.10 Å². The zero-order chi connectivity index (χ0) is 9.02. The number of aliphatic hydroxyl groups is 3. The van der Waals surface area contributed by atoms with E-state index in [0.717, 1.165) is 0 Å². The molecule has 0 saturated heterocycles. The van der Waals surface area contributed by atoms with E-state index >= 15 is 0 Å². The number of hydrogen-bond donors (Lipinski definition) is 3. The Bertz CT molecular complexity index is 140. The van der Waals surface area contributed by atoms with Crippen molar-refractivity contribution in [2.24, 2.45) is 0 Å². The molecule has 0 spiro atoms. The monoisotopic (exact) mass is 153 g/mol. The molecule has 0 aromatic heterocycles. The molecule has 4 nitrogen and oxygen atoms in total. The smallest absolute Gasteiger partial charge is 0.225 e. The molecule has 10 heavy (non-hydrogen) atoms. The summed E-state index contributed by atoms with van der Waals surface area (Å²) >= 11 is 0. The van der Waals surface area contributed by atoms with Gasteiger partial charge >= 0.3 is 0 Å². The minimum absolute atomic E-state index is 0.692. The minimum Gasteiger partial charge on any atom is -0.390 e. The van der Waals surface area contributed by atoms with E-state index in [1.165, 1.54) is 0 Å². The van der Waals surface area contributed by atoms with Crippen LogP contribution in [0.4, 0.5) is 4.39 Å². The zero-order valence-corrected chi connectivity index (χ0v) is 5.07. The summed E-state index contributed by atoms with van der Waals surface area (Å²) in [6, 6.07) is 0. The van der Waals surface area contributed by atoms with E-state index in [1.807, 2.05) is 0 Å². The van der Waals surface area contributed by atoms with Gasteiger partial charge in [0.1, 0.15) is 13.7 Å². The summed E-state index contributed by atoms with van der Waals surface area (Å²) in [5, 5.41) is 25.3. The molecular weight excluding hydrogens is 143 g/mol. The Morgan fingerprint density at radius 2 is 2.10 bits per heavy atom. The number of aliphatic hydroxyl groups excluding tert-OH is 3. The summed E-state index contributed by atoms with van der Waals surface area (Å²) in [6.45, 7) is 0. The second-order valence-corrected chi connectivity index (χ2v) is 1.78. The molecule has 3 atom stereocenters. The van der Waals surface area contributed by atoms with Crippen molar-refractivity contribution in [2.45, 2.75) is 25.0 Å². The van der Waals surface area contributed by atoms with E-state index in [0.29, 0.717) is 0 Å². The first kappa shape index (κ1) is 7.59. The molecule has 0 aliphatic rings. The van der Waals surface area contributed by atoms with Crippen LogP contribution in [0.2, 0.25) is 0 Å². The third-order valence-electron chi connectivity index (χ3n) is 0.969. The highest BCUT2D eigenvalue weighted by Crippen LogP contribution is 2.02. The van der Waals surface area contributed by atoms with Gasteiger partial charge in [-0.2, -0.15) is 0 Å². The summed E-state index contributed by atoms with van der Waals surface area (Å²) in [4.78, 5) is 9.97. The Morgan fingerprint density at radius 3 is 2.40 bits per heavy atom. The molecule has 0 bridgehead atoms. The fourth-order valence-electron chi connectivity index (χ4n) is 0.389. The highest BCUT2D eigenvalue weighted by Gasteiger charge is 2.23. The summed E-state index contributed by atoms with van der Waals surface area (Å²) in [6.07, 6.45) is -8.16. The lowest BCUT2D eigenvalue weighted by Gasteiger charge is -2.14. The number of alkyl halides is 1. The van der Waals surface area contributed by atoms with Crippen molar-refractivity contribution in [3.8, 4) is 0 Å². The van der Waals surface area contributed by atoms with Crippen molar-refractivity contribution in [3.63, 3.8) is 0 Å². The number of carbonyl (C=O) groups excluding carboxylic acids is 1. The maximum absolute atomic E-state index is 11.8. The fraction of sp³-hybridized carbons (Fsp3) is 0.800. The number of hydrogen-bond acceptors (Lipinski definition) is 4. The lowest BCUT2D eigenvalue weighted by atomic mass is 10.1. The molecule has 0 fully saturated rings. The summed E-state index contributed by atoms with van der Waals surface area (Å²) in [7, 11) is 0. The van der Waals surface area contributed by atoms with E-state index in [-0.39, 0.29) is 0 Å². The maximum atomic E-state index is 11.8. The molecule has 0 aliphatic heterocycles. The first-order chi connectivity index (χ1) is 4.95. The number of rotatable bonds is 4. The van der Waals surface area contributed by atoms with E-state index < -0.39 is 31.2 Å². The van der Waals surface area contributed by atoms with Crippen LogP contribution in [0, 0.1) is 0 Å². The van der Waals surface area contributed by atoms with Gasteiger partial charge < -0.3 is 20.1 Å². The first-order valence-electron chi connectivity index (χ1n) is 3.13. The standard InChI is InChI=1S/C5H9FO4/c6-5(10)4(9)3(8)1-2-7/h2-5,8-10H,1H2/t3-,4-,5?/m0/s1/i2D. The third kappa shape index (κ3) is 2.86. The average Bonchev–Trinajstić information content (AvgIpc) is 1.84. The van der Waals surface area contributed by atoms with Gasteiger partial charge in [0.25, 0.3) is 0 Å². The molecule has 0 amide bonds. The lowest BCUT2D eigenvalue weighted by Crippen LogP contribution is -2.34. The van der Waals surface area contributed by atoms with Gasteiger partial charge in [0.2, 0.25) is 6.36 Å². The predicted molar refractivity (Wildman–Crippen MR) is 29.8 cm³/mol. The van der Waals surface area contributed by atoms with Crippen LogP contribution >= 0.6 is 0 Å². The van der Waals surface area contributed by atoms with Crippen LogP contribution in [0.5, 0.6) is 0 Å². The third-order valence-corrected chi connectivity index (χ3v) is 0.969. The maximum Gasteiger partial charge on any atom is 0.225 e. The first-order valence-corrected chi connectivity index (χ1v) is 2.63. The molecule has 3 N–H and O–H groups in total. The van der Waals surface area contributed by atoms with Gasteiger partial charge in [-0.25, -0.2) is 4.39 Å². The SMILES string of the molecule is [2H]C(=O)C[C@H](O)[C@H](O)C(O)F. The van der Waals surface area contributed by atoms with Gasteiger partial charge in [-0.05, 0) is 0 Å². The van der Waals surface area contributed by atoms with Crippen LogP contribution in [0.3, 0.4) is 0 Å². The predicted octanol–water partition coefficient (Wildman–Crippen LogP) is -1.41. The molecule has 0 radical (unpaired) electrons. The molecule has 5 heteroatoms. The Kier molecular flexibility index (Phi) is 3.28. The van der Waals surface area contributed by atoms with Crippen LogP contribution in [0.25, 0.3) is 0 Å². The summed E-state index contributed by atoms with van der Waals surface area (Å²) < 4.78 is 18.1. The van der Waals surface area contributed by atoms with E-state index in [9.17, 15) is 9.18 Å². The molecule has 1 unspecified atom stereocenters. The van der Waals surface area contributed by atoms with Gasteiger partial charge in [-0.15, -0.1) is 0 Å². The molecule has 0 aromatic carbocycles. The fourth-order valence-corrected chi connectivity index (χ4v) is 0.389. The zero-order valence-electron chi connectivity index (χ0n) is 6.07. The normalized spacial score (nSPS) is 21.0. The molecule has 0 aromatic rings. The van der Waals surface area contributed by atoms with Crippen molar-refractivity contribution >= 4 is 6.26 Å².